The van der Waals surface area contributed by atoms with Crippen molar-refractivity contribution in [2.75, 3.05) is 25.0 Å². The van der Waals surface area contributed by atoms with Gasteiger partial charge in [-0.25, -0.2) is 8.42 Å². The van der Waals surface area contributed by atoms with Gasteiger partial charge in [0.15, 0.2) is 6.61 Å². The number of anilines is 1. The molecule has 0 aliphatic heterocycles. The average molecular weight is 473 g/mol. The fraction of sp³-hybridized carbons (Fsp3) is 0.333. The largest absolute Gasteiger partial charge is 0.464 e. The number of fused-ring (bicyclic) bond motifs is 1. The van der Waals surface area contributed by atoms with Gasteiger partial charge < -0.3 is 14.5 Å². The molecule has 1 heterocycles. The molecule has 9 heteroatoms. The summed E-state index contributed by atoms with van der Waals surface area (Å²) >= 11 is 0. The highest BCUT2D eigenvalue weighted by atomic mass is 32.2. The molecular weight excluding hydrogens is 444 g/mol. The summed E-state index contributed by atoms with van der Waals surface area (Å²) in [6.07, 6.45) is 1.51. The molecule has 0 spiro atoms. The van der Waals surface area contributed by atoms with E-state index in [0.717, 1.165) is 16.5 Å². The molecule has 1 aromatic heterocycles. The van der Waals surface area contributed by atoms with Crippen molar-refractivity contribution in [3.63, 3.8) is 0 Å². The van der Waals surface area contributed by atoms with E-state index in [4.69, 9.17) is 9.15 Å². The molecule has 0 aliphatic carbocycles. The van der Waals surface area contributed by atoms with E-state index in [1.54, 1.807) is 13.8 Å². The van der Waals surface area contributed by atoms with Crippen LogP contribution >= 0.6 is 0 Å². The molecule has 1 amide bonds. The summed E-state index contributed by atoms with van der Waals surface area (Å²) in [7, 11) is -3.57. The molecule has 2 aromatic carbocycles. The number of carbonyl (C=O) groups excluding carboxylic acids is 2. The third-order valence-corrected chi connectivity index (χ3v) is 7.51. The van der Waals surface area contributed by atoms with Crippen LogP contribution in [0.25, 0.3) is 11.0 Å². The number of nitrogens with one attached hydrogen (secondary N) is 1. The fourth-order valence-corrected chi connectivity index (χ4v) is 4.90. The quantitative estimate of drug-likeness (QED) is 0.475. The molecule has 33 heavy (non-hydrogen) atoms. The lowest BCUT2D eigenvalue weighted by Crippen LogP contribution is -2.30. The van der Waals surface area contributed by atoms with Crippen molar-refractivity contribution < 1.29 is 27.2 Å². The van der Waals surface area contributed by atoms with Crippen LogP contribution in [0.5, 0.6) is 0 Å². The van der Waals surface area contributed by atoms with Crippen molar-refractivity contribution in [1.82, 2.24) is 4.31 Å². The third kappa shape index (κ3) is 5.61. The molecule has 0 saturated heterocycles. The number of esters is 1. The van der Waals surface area contributed by atoms with Crippen molar-refractivity contribution in [2.45, 2.75) is 39.0 Å². The number of aryl methyl sites for hydroxylation is 2. The first-order chi connectivity index (χ1) is 15.6. The van der Waals surface area contributed by atoms with Crippen molar-refractivity contribution in [3.8, 4) is 0 Å². The van der Waals surface area contributed by atoms with E-state index in [0.29, 0.717) is 29.9 Å². The Morgan fingerprint density at radius 2 is 1.67 bits per heavy atom. The van der Waals surface area contributed by atoms with E-state index >= 15 is 0 Å². The summed E-state index contributed by atoms with van der Waals surface area (Å²) in [4.78, 5) is 24.5. The minimum atomic E-state index is -3.57. The van der Waals surface area contributed by atoms with Gasteiger partial charge >= 0.3 is 5.97 Å². The van der Waals surface area contributed by atoms with Gasteiger partial charge in [0.05, 0.1) is 17.6 Å². The van der Waals surface area contributed by atoms with Gasteiger partial charge in [0.1, 0.15) is 5.58 Å². The summed E-state index contributed by atoms with van der Waals surface area (Å²) in [5.74, 6) is -1.07. The van der Waals surface area contributed by atoms with Crippen LogP contribution in [0.4, 0.5) is 5.69 Å². The molecule has 3 rings (SSSR count). The number of hydrogen-bond donors (Lipinski definition) is 1. The summed E-state index contributed by atoms with van der Waals surface area (Å²) in [6, 6.07) is 9.75. The molecule has 0 fully saturated rings. The second-order valence-corrected chi connectivity index (χ2v) is 9.63. The second kappa shape index (κ2) is 10.2. The molecule has 0 radical (unpaired) electrons. The number of sulfonamides is 1. The van der Waals surface area contributed by atoms with E-state index in [-0.39, 0.29) is 11.3 Å². The molecule has 176 valence electrons. The first-order valence-electron chi connectivity index (χ1n) is 10.7. The molecule has 0 saturated carbocycles. The second-order valence-electron chi connectivity index (χ2n) is 7.69. The summed E-state index contributed by atoms with van der Waals surface area (Å²) in [5.41, 5.74) is 3.99. The SMILES string of the molecule is CCN(CC)S(=O)(=O)c1ccc(NC(=O)COC(=O)Cc2coc3cc(C)c(C)cc23)cc1. The predicted molar refractivity (Wildman–Crippen MR) is 126 cm³/mol. The van der Waals surface area contributed by atoms with Crippen LogP contribution in [-0.2, 0) is 30.8 Å². The Balaban J connectivity index is 1.55. The van der Waals surface area contributed by atoms with Crippen LogP contribution in [-0.4, -0.2) is 44.3 Å². The molecule has 1 N–H and O–H groups in total. The lowest BCUT2D eigenvalue weighted by atomic mass is 10.0. The first kappa shape index (κ1) is 24.5. The Hall–Kier alpha value is -3.17. The van der Waals surface area contributed by atoms with Gasteiger partial charge in [0.25, 0.3) is 5.91 Å². The molecule has 3 aromatic rings. The van der Waals surface area contributed by atoms with Gasteiger partial charge in [0.2, 0.25) is 10.0 Å². The maximum absolute atomic E-state index is 12.5. The first-order valence-corrected chi connectivity index (χ1v) is 12.1. The Kier molecular flexibility index (Phi) is 7.55. The lowest BCUT2D eigenvalue weighted by molar-refractivity contribution is -0.146. The average Bonchev–Trinajstić information content (AvgIpc) is 3.15. The van der Waals surface area contributed by atoms with E-state index in [2.05, 4.69) is 5.32 Å². The molecular formula is C24H28N2O6S. The minimum absolute atomic E-state index is 0.0132. The highest BCUT2D eigenvalue weighted by Gasteiger charge is 2.21. The maximum atomic E-state index is 12.5. The van der Waals surface area contributed by atoms with Gasteiger partial charge in [-0.1, -0.05) is 13.8 Å². The van der Waals surface area contributed by atoms with Crippen LogP contribution in [0.1, 0.15) is 30.5 Å². The highest BCUT2D eigenvalue weighted by Crippen LogP contribution is 2.25. The van der Waals surface area contributed by atoms with Crippen molar-refractivity contribution in [1.29, 1.82) is 0 Å². The van der Waals surface area contributed by atoms with Crippen LogP contribution in [0, 0.1) is 13.8 Å². The van der Waals surface area contributed by atoms with E-state index in [1.165, 1.54) is 34.8 Å². The number of furan rings is 1. The van der Waals surface area contributed by atoms with Gasteiger partial charge in [-0.2, -0.15) is 4.31 Å². The van der Waals surface area contributed by atoms with Crippen LogP contribution in [0.15, 0.2) is 52.0 Å². The van der Waals surface area contributed by atoms with Crippen molar-refractivity contribution in [3.05, 3.63) is 59.4 Å². The number of nitrogens with zero attached hydrogens (tertiary/aromatic N) is 1. The minimum Gasteiger partial charge on any atom is -0.464 e. The van der Waals surface area contributed by atoms with Gasteiger partial charge in [-0.3, -0.25) is 9.59 Å². The number of ether oxygens (including phenoxy) is 1. The highest BCUT2D eigenvalue weighted by molar-refractivity contribution is 7.89. The number of amides is 1. The van der Waals surface area contributed by atoms with Crippen LogP contribution in [0.2, 0.25) is 0 Å². The Labute approximate surface area is 193 Å². The number of hydrogen-bond acceptors (Lipinski definition) is 6. The molecule has 0 atom stereocenters. The Morgan fingerprint density at radius 1 is 1.03 bits per heavy atom. The van der Waals surface area contributed by atoms with Gasteiger partial charge in [0, 0.05) is 29.7 Å². The van der Waals surface area contributed by atoms with Crippen molar-refractivity contribution in [2.24, 2.45) is 0 Å². The normalized spacial score (nSPS) is 11.7. The standard InChI is InChI=1S/C24H28N2O6S/c1-5-26(6-2)33(29,30)20-9-7-19(8-10-20)25-23(27)15-32-24(28)13-18-14-31-22-12-17(4)16(3)11-21(18)22/h7-12,14H,5-6,13,15H2,1-4H3,(H,25,27). The summed E-state index contributed by atoms with van der Waals surface area (Å²) in [6.45, 7) is 7.81. The van der Waals surface area contributed by atoms with Gasteiger partial charge in [-0.15, -0.1) is 0 Å². The lowest BCUT2D eigenvalue weighted by Gasteiger charge is -2.18. The number of rotatable bonds is 9. The van der Waals surface area contributed by atoms with Crippen LogP contribution < -0.4 is 5.32 Å². The molecule has 8 nitrogen and oxygen atoms in total. The van der Waals surface area contributed by atoms with Gasteiger partial charge in [-0.05, 0) is 61.4 Å². The van der Waals surface area contributed by atoms with E-state index < -0.39 is 28.5 Å². The number of carbonyl (C=O) groups is 2. The molecule has 0 aliphatic rings. The van der Waals surface area contributed by atoms with Crippen LogP contribution in [0.3, 0.4) is 0 Å². The predicted octanol–water partition coefficient (Wildman–Crippen LogP) is 3.80. The molecule has 0 bridgehead atoms. The van der Waals surface area contributed by atoms with E-state index in [9.17, 15) is 18.0 Å². The van der Waals surface area contributed by atoms with E-state index in [1.807, 2.05) is 26.0 Å². The Bertz CT molecular complexity index is 1260. The zero-order valence-electron chi connectivity index (χ0n) is 19.2. The Morgan fingerprint density at radius 3 is 2.30 bits per heavy atom. The third-order valence-electron chi connectivity index (χ3n) is 5.45. The zero-order valence-corrected chi connectivity index (χ0v) is 20.0. The topological polar surface area (TPSA) is 106 Å². The summed E-state index contributed by atoms with van der Waals surface area (Å²) < 4.78 is 37.0. The van der Waals surface area contributed by atoms with Crippen molar-refractivity contribution >= 4 is 38.6 Å². The monoisotopic (exact) mass is 472 g/mol. The summed E-state index contributed by atoms with van der Waals surface area (Å²) in [5, 5.41) is 3.44. The maximum Gasteiger partial charge on any atom is 0.310 e. The zero-order chi connectivity index (χ0) is 24.2. The number of benzene rings is 2. The molecule has 0 unspecified atom stereocenters. The smallest absolute Gasteiger partial charge is 0.310 e. The fourth-order valence-electron chi connectivity index (χ4n) is 3.45.